The summed E-state index contributed by atoms with van der Waals surface area (Å²) < 4.78 is 65.3. The number of aryl methyl sites for hydroxylation is 2. The third-order valence-corrected chi connectivity index (χ3v) is 13.9. The first-order valence-electron chi connectivity index (χ1n) is 19.5. The minimum atomic E-state index is -5.08. The van der Waals surface area contributed by atoms with Gasteiger partial charge in [0.1, 0.15) is 23.7 Å². The molecule has 5 atom stereocenters. The lowest BCUT2D eigenvalue weighted by Gasteiger charge is -2.35. The average Bonchev–Trinajstić information content (AvgIpc) is 3.97. The number of carbonyl (C=O) groups excluding carboxylic acids is 4. The van der Waals surface area contributed by atoms with Gasteiger partial charge in [0.2, 0.25) is 21.8 Å². The molecule has 0 spiro atoms. The molecule has 1 aromatic heterocycles. The summed E-state index contributed by atoms with van der Waals surface area (Å²) in [6.45, 7) is 10.4. The fourth-order valence-corrected chi connectivity index (χ4v) is 9.83. The molecule has 2 saturated carbocycles. The summed E-state index contributed by atoms with van der Waals surface area (Å²) in [6, 6.07) is 4.29. The molecular formula is C39H49F3N6O9S2. The Morgan fingerprint density at radius 1 is 1.08 bits per heavy atom. The van der Waals surface area contributed by atoms with Gasteiger partial charge < -0.3 is 25.4 Å². The Balaban J connectivity index is 0.000000768. The highest BCUT2D eigenvalue weighted by atomic mass is 32.2. The maximum absolute atomic E-state index is 14.6. The average molecular weight is 867 g/mol. The molecule has 0 unspecified atom stereocenters. The number of halogens is 3. The number of sulfonamides is 1. The van der Waals surface area contributed by atoms with Crippen molar-refractivity contribution >= 4 is 56.3 Å². The molecule has 4 heterocycles. The van der Waals surface area contributed by atoms with Gasteiger partial charge in [-0.05, 0) is 67.1 Å². The number of ether oxygens (including phenoxy) is 1. The number of aromatic nitrogens is 1. The summed E-state index contributed by atoms with van der Waals surface area (Å²) in [5, 5.41) is 15.3. The molecule has 59 heavy (non-hydrogen) atoms. The number of hydrogen-bond acceptors (Lipinski definition) is 11. The number of fused-ring (bicyclic) bond motifs is 5. The van der Waals surface area contributed by atoms with Gasteiger partial charge in [-0.1, -0.05) is 51.5 Å². The standard InChI is InChI=1S/C37H48N6O7S2.C2HF3O2/c1-5-24-17-37(24,33(46)41-52(48,49)27-14-15-27)40-31(44)29-16-26-19-43(29)32(45)30(36(2,3)4)39-34-38-25(21-51-34)13-8-6-7-10-22-11-9-12-23-18-42(20-28(22)23)35(47)50-26;3-2(4,5)1(6)7/h5,9,11-12,21,24,26-27,29-30H,1,6-8,10,13-20H2,2-4H3,(H,38,39)(H,40,44)(H,41,46);(H,6,7)/t24-,26-,29+,30-,37-;/m1./s1. The minimum absolute atomic E-state index is 0.00441. The van der Waals surface area contributed by atoms with Gasteiger partial charge in [0.15, 0.2) is 5.13 Å². The van der Waals surface area contributed by atoms with Gasteiger partial charge in [-0.25, -0.2) is 23.0 Å². The number of rotatable bonds is 6. The third kappa shape index (κ3) is 10.0. The van der Waals surface area contributed by atoms with Crippen molar-refractivity contribution < 1.29 is 55.4 Å². The first-order chi connectivity index (χ1) is 27.6. The first-order valence-corrected chi connectivity index (χ1v) is 21.9. The van der Waals surface area contributed by atoms with E-state index in [2.05, 4.69) is 28.0 Å². The first kappa shape index (κ1) is 43.8. The minimum Gasteiger partial charge on any atom is -0.475 e. The number of amides is 4. The molecule has 3 aliphatic heterocycles. The molecule has 2 aliphatic carbocycles. The second-order valence-electron chi connectivity index (χ2n) is 16.8. The highest BCUT2D eigenvalue weighted by Crippen LogP contribution is 2.46. The highest BCUT2D eigenvalue weighted by molar-refractivity contribution is 7.91. The van der Waals surface area contributed by atoms with Gasteiger partial charge in [0.05, 0.1) is 17.5 Å². The maximum atomic E-state index is 14.6. The van der Waals surface area contributed by atoms with Crippen LogP contribution in [0.1, 0.15) is 88.1 Å². The van der Waals surface area contributed by atoms with Crippen LogP contribution in [0.25, 0.3) is 0 Å². The van der Waals surface area contributed by atoms with Gasteiger partial charge in [-0.15, -0.1) is 17.9 Å². The van der Waals surface area contributed by atoms with Crippen molar-refractivity contribution in [2.75, 3.05) is 11.9 Å². The summed E-state index contributed by atoms with van der Waals surface area (Å²) in [5.41, 5.74) is 2.28. The van der Waals surface area contributed by atoms with Gasteiger partial charge in [-0.2, -0.15) is 13.2 Å². The van der Waals surface area contributed by atoms with E-state index in [9.17, 15) is 40.8 Å². The maximum Gasteiger partial charge on any atom is 0.490 e. The largest absolute Gasteiger partial charge is 0.490 e. The van der Waals surface area contributed by atoms with Crippen LogP contribution in [0.5, 0.6) is 0 Å². The van der Waals surface area contributed by atoms with E-state index >= 15 is 0 Å². The van der Waals surface area contributed by atoms with Crippen molar-refractivity contribution in [3.63, 3.8) is 0 Å². The van der Waals surface area contributed by atoms with Gasteiger partial charge >= 0.3 is 18.2 Å². The third-order valence-electron chi connectivity index (χ3n) is 11.3. The molecule has 6 bridgehead atoms. The number of nitrogens with zero attached hydrogens (tertiary/aromatic N) is 3. The summed E-state index contributed by atoms with van der Waals surface area (Å²) in [6.07, 6.45) is 0.996. The topological polar surface area (TPSA) is 204 Å². The number of aliphatic carboxylic acids is 1. The Morgan fingerprint density at radius 3 is 2.39 bits per heavy atom. The predicted molar refractivity (Wildman–Crippen MR) is 209 cm³/mol. The lowest BCUT2D eigenvalue weighted by Crippen LogP contribution is -2.58. The number of thiazole rings is 1. The molecular weight excluding hydrogens is 818 g/mol. The van der Waals surface area contributed by atoms with Gasteiger partial charge in [-0.3, -0.25) is 24.0 Å². The molecule has 15 nitrogen and oxygen atoms in total. The molecule has 20 heteroatoms. The van der Waals surface area contributed by atoms with E-state index in [4.69, 9.17) is 19.6 Å². The van der Waals surface area contributed by atoms with Crippen LogP contribution in [0.2, 0.25) is 0 Å². The number of nitrogens with one attached hydrogen (secondary N) is 3. The van der Waals surface area contributed by atoms with Crippen molar-refractivity contribution in [1.82, 2.24) is 24.8 Å². The second kappa shape index (κ2) is 16.7. The van der Waals surface area contributed by atoms with Crippen molar-refractivity contribution in [2.45, 2.75) is 127 Å². The van der Waals surface area contributed by atoms with E-state index in [0.717, 1.165) is 48.9 Å². The Morgan fingerprint density at radius 2 is 1.76 bits per heavy atom. The van der Waals surface area contributed by atoms with E-state index in [0.29, 0.717) is 31.1 Å². The Hall–Kier alpha value is -4.72. The van der Waals surface area contributed by atoms with E-state index in [1.165, 1.54) is 27.9 Å². The number of carboxylic acids is 1. The van der Waals surface area contributed by atoms with Crippen LogP contribution in [0.15, 0.2) is 36.2 Å². The zero-order valence-electron chi connectivity index (χ0n) is 33.0. The van der Waals surface area contributed by atoms with Crippen LogP contribution >= 0.6 is 11.3 Å². The molecule has 3 fully saturated rings. The van der Waals surface area contributed by atoms with Crippen LogP contribution in [-0.4, -0.2) is 99.8 Å². The molecule has 1 aromatic carbocycles. The molecule has 0 radical (unpaired) electrons. The SMILES string of the molecule is C=C[C@@H]1C[C@]1(NC(=O)[C@@H]1C[C@@H]2CN1C(=O)[C@H](C(C)(C)C)Nc1nc(cs1)CCCCCc1cccc3c1CN(C3)C(=O)O2)C(=O)NS(=O)(=O)C1CC1.O=C(O)C(F)(F)F. The van der Waals surface area contributed by atoms with Crippen molar-refractivity contribution in [3.8, 4) is 0 Å². The Kier molecular flexibility index (Phi) is 12.4. The number of benzene rings is 1. The summed E-state index contributed by atoms with van der Waals surface area (Å²) >= 11 is 1.43. The molecule has 4 amide bonds. The number of anilines is 1. The number of hydrogen-bond donors (Lipinski definition) is 4. The molecule has 1 saturated heterocycles. The summed E-state index contributed by atoms with van der Waals surface area (Å²) in [5.74, 6) is -5.07. The zero-order valence-corrected chi connectivity index (χ0v) is 34.6. The molecule has 7 rings (SSSR count). The van der Waals surface area contributed by atoms with Crippen molar-refractivity contribution in [3.05, 3.63) is 58.6 Å². The second-order valence-corrected chi connectivity index (χ2v) is 19.6. The number of carbonyl (C=O) groups is 5. The van der Waals surface area contributed by atoms with Crippen molar-refractivity contribution in [2.24, 2.45) is 11.3 Å². The molecule has 2 aromatic rings. The Labute approximate surface area is 344 Å². The fraction of sp³-hybridized carbons (Fsp3) is 0.590. The van der Waals surface area contributed by atoms with Crippen molar-refractivity contribution in [1.29, 1.82) is 0 Å². The van der Waals surface area contributed by atoms with Crippen LogP contribution in [-0.2, 0) is 59.9 Å². The van der Waals surface area contributed by atoms with Crippen LogP contribution in [0.3, 0.4) is 0 Å². The van der Waals surface area contributed by atoms with Crippen LogP contribution in [0, 0.1) is 11.3 Å². The monoisotopic (exact) mass is 866 g/mol. The van der Waals surface area contributed by atoms with E-state index in [-0.39, 0.29) is 25.3 Å². The lowest BCUT2D eigenvalue weighted by atomic mass is 9.85. The normalized spacial score (nSPS) is 26.1. The number of alkyl halides is 3. The Bertz CT molecular complexity index is 2100. The van der Waals surface area contributed by atoms with Gasteiger partial charge in [0.25, 0.3) is 5.91 Å². The number of carboxylic acid groups (broad SMARTS) is 1. The summed E-state index contributed by atoms with van der Waals surface area (Å²) in [4.78, 5) is 72.8. The predicted octanol–water partition coefficient (Wildman–Crippen LogP) is 4.66. The van der Waals surface area contributed by atoms with E-state index in [1.54, 1.807) is 4.90 Å². The lowest BCUT2D eigenvalue weighted by molar-refractivity contribution is -0.192. The van der Waals surface area contributed by atoms with Crippen LogP contribution in [0.4, 0.5) is 23.1 Å². The molecule has 5 aliphatic rings. The smallest absolute Gasteiger partial charge is 0.475 e. The van der Waals surface area contributed by atoms with Crippen LogP contribution < -0.4 is 15.4 Å². The van der Waals surface area contributed by atoms with Gasteiger partial charge in [0, 0.05) is 30.8 Å². The molecule has 322 valence electrons. The van der Waals surface area contributed by atoms with E-state index < -0.39 is 80.4 Å². The highest BCUT2D eigenvalue weighted by Gasteiger charge is 2.62. The molecule has 4 N–H and O–H groups in total. The quantitative estimate of drug-likeness (QED) is 0.294. The fourth-order valence-electron chi connectivity index (χ4n) is 7.69. The van der Waals surface area contributed by atoms with E-state index in [1.807, 2.05) is 38.3 Å². The summed E-state index contributed by atoms with van der Waals surface area (Å²) in [7, 11) is -3.88. The zero-order chi connectivity index (χ0) is 43.1.